The van der Waals surface area contributed by atoms with Crippen LogP contribution in [0.4, 0.5) is 5.69 Å². The van der Waals surface area contributed by atoms with Crippen LogP contribution < -0.4 is 10.6 Å². The van der Waals surface area contributed by atoms with E-state index in [4.69, 9.17) is 0 Å². The van der Waals surface area contributed by atoms with Gasteiger partial charge in [-0.3, -0.25) is 9.59 Å². The predicted octanol–water partition coefficient (Wildman–Crippen LogP) is 3.57. The second-order valence-corrected chi connectivity index (χ2v) is 8.50. The number of carbonyl (C=O) groups excluding carboxylic acids is 2. The maximum absolute atomic E-state index is 12.7. The van der Waals surface area contributed by atoms with Gasteiger partial charge in [0.05, 0.1) is 5.69 Å². The van der Waals surface area contributed by atoms with Crippen LogP contribution >= 0.6 is 0 Å². The third-order valence-corrected chi connectivity index (χ3v) is 4.61. The number of rotatable bonds is 4. The molecule has 1 aromatic carbocycles. The van der Waals surface area contributed by atoms with E-state index in [1.54, 1.807) is 6.07 Å². The lowest BCUT2D eigenvalue weighted by molar-refractivity contribution is -0.131. The van der Waals surface area contributed by atoms with E-state index in [1.807, 2.05) is 12.1 Å². The lowest BCUT2D eigenvalue weighted by atomic mass is 9.86. The van der Waals surface area contributed by atoms with Gasteiger partial charge in [-0.15, -0.1) is 0 Å². The highest BCUT2D eigenvalue weighted by atomic mass is 16.3. The lowest BCUT2D eigenvalue weighted by Crippen LogP contribution is -2.46. The van der Waals surface area contributed by atoms with Crippen LogP contribution in [0.1, 0.15) is 59.4 Å². The fourth-order valence-corrected chi connectivity index (χ4v) is 3.26. The van der Waals surface area contributed by atoms with E-state index < -0.39 is 0 Å². The molecule has 0 bridgehead atoms. The third kappa shape index (κ3) is 5.21. The van der Waals surface area contributed by atoms with Gasteiger partial charge in [-0.2, -0.15) is 0 Å². The summed E-state index contributed by atoms with van der Waals surface area (Å²) in [6.07, 6.45) is 1.69. The quantitative estimate of drug-likeness (QED) is 0.729. The van der Waals surface area contributed by atoms with Crippen LogP contribution in [0.3, 0.4) is 0 Å². The molecular weight excluding hydrogens is 316 g/mol. The summed E-state index contributed by atoms with van der Waals surface area (Å²) in [7, 11) is 0. The predicted molar refractivity (Wildman–Crippen MR) is 99.5 cm³/mol. The first-order chi connectivity index (χ1) is 11.6. The molecule has 2 atom stereocenters. The summed E-state index contributed by atoms with van der Waals surface area (Å²) in [6, 6.07) is 5.30. The lowest BCUT2D eigenvalue weighted by Gasteiger charge is -2.30. The highest BCUT2D eigenvalue weighted by molar-refractivity contribution is 5.97. The Bertz CT molecular complexity index is 647. The third-order valence-electron chi connectivity index (χ3n) is 4.61. The molecule has 5 nitrogen and oxygen atoms in total. The van der Waals surface area contributed by atoms with Gasteiger partial charge < -0.3 is 15.7 Å². The van der Waals surface area contributed by atoms with Gasteiger partial charge in [0.25, 0.3) is 0 Å². The zero-order valence-corrected chi connectivity index (χ0v) is 15.8. The molecule has 0 spiro atoms. The van der Waals surface area contributed by atoms with Gasteiger partial charge in [0.2, 0.25) is 11.8 Å². The number of benzene rings is 1. The fourth-order valence-electron chi connectivity index (χ4n) is 3.26. The monoisotopic (exact) mass is 346 g/mol. The zero-order valence-electron chi connectivity index (χ0n) is 15.8. The van der Waals surface area contributed by atoms with E-state index >= 15 is 0 Å². The van der Waals surface area contributed by atoms with Crippen molar-refractivity contribution in [3.05, 3.63) is 23.8 Å². The average molecular weight is 346 g/mol. The number of phenols is 1. The number of amides is 2. The maximum atomic E-state index is 12.7. The minimum absolute atomic E-state index is 0.0338. The summed E-state index contributed by atoms with van der Waals surface area (Å²) in [5.74, 6) is -0.148. The Morgan fingerprint density at radius 2 is 2.04 bits per heavy atom. The van der Waals surface area contributed by atoms with Gasteiger partial charge in [-0.05, 0) is 41.9 Å². The van der Waals surface area contributed by atoms with E-state index in [0.29, 0.717) is 18.0 Å². The van der Waals surface area contributed by atoms with Crippen molar-refractivity contribution in [3.63, 3.8) is 0 Å². The van der Waals surface area contributed by atoms with Crippen LogP contribution in [0.2, 0.25) is 0 Å². The fraction of sp³-hybridized carbons (Fsp3) is 0.600. The Kier molecular flexibility index (Phi) is 5.76. The van der Waals surface area contributed by atoms with Gasteiger partial charge in [0.1, 0.15) is 5.75 Å². The van der Waals surface area contributed by atoms with Crippen LogP contribution in [0.25, 0.3) is 0 Å². The highest BCUT2D eigenvalue weighted by Gasteiger charge is 2.32. The summed E-state index contributed by atoms with van der Waals surface area (Å²) in [5, 5.41) is 15.9. The summed E-state index contributed by atoms with van der Waals surface area (Å²) in [6.45, 7) is 10.4. The topological polar surface area (TPSA) is 78.4 Å². The number of hydrogen-bond acceptors (Lipinski definition) is 3. The number of piperidine rings is 1. The number of aromatic hydroxyl groups is 1. The number of carbonyl (C=O) groups is 2. The number of hydrogen-bond donors (Lipinski definition) is 3. The van der Waals surface area contributed by atoms with Crippen molar-refractivity contribution < 1.29 is 14.7 Å². The molecule has 1 aromatic rings. The molecule has 2 rings (SSSR count). The molecule has 25 heavy (non-hydrogen) atoms. The molecule has 1 heterocycles. The Morgan fingerprint density at radius 3 is 2.64 bits per heavy atom. The van der Waals surface area contributed by atoms with Gasteiger partial charge in [0, 0.05) is 18.4 Å². The van der Waals surface area contributed by atoms with Gasteiger partial charge >= 0.3 is 0 Å². The number of phenolic OH excluding ortho intramolecular Hbond substituents is 1. The number of nitrogens with one attached hydrogen (secondary N) is 2. The van der Waals surface area contributed by atoms with Crippen LogP contribution in [0.5, 0.6) is 5.75 Å². The van der Waals surface area contributed by atoms with E-state index in [2.05, 4.69) is 45.3 Å². The molecule has 1 saturated heterocycles. The molecule has 0 saturated carbocycles. The highest BCUT2D eigenvalue weighted by Crippen LogP contribution is 2.32. The molecule has 1 aliphatic heterocycles. The van der Waals surface area contributed by atoms with Crippen molar-refractivity contribution in [2.75, 3.05) is 5.32 Å². The van der Waals surface area contributed by atoms with Crippen molar-refractivity contribution in [1.29, 1.82) is 0 Å². The molecule has 3 N–H and O–H groups in total. The largest absolute Gasteiger partial charge is 0.506 e. The minimum atomic E-state index is -0.366. The molecule has 0 unspecified atom stereocenters. The van der Waals surface area contributed by atoms with Crippen molar-refractivity contribution in [2.45, 2.75) is 65.3 Å². The summed E-state index contributed by atoms with van der Waals surface area (Å²) in [5.41, 5.74) is 1.35. The van der Waals surface area contributed by atoms with Gasteiger partial charge in [-0.1, -0.05) is 40.7 Å². The van der Waals surface area contributed by atoms with E-state index in [1.165, 1.54) is 0 Å². The molecule has 0 radical (unpaired) electrons. The standard InChI is InChI=1S/C20H30N2O3/c1-12(2)8-15-9-13(10-18(24)21-15)19(25)22-16-11-14(20(3,4)5)6-7-17(16)23/h6-7,11-13,15,23H,8-10H2,1-5H3,(H,21,24)(H,22,25)/t13-,15+/m1/s1. The minimum Gasteiger partial charge on any atom is -0.506 e. The molecule has 1 fully saturated rings. The van der Waals surface area contributed by atoms with E-state index in [9.17, 15) is 14.7 Å². The second kappa shape index (κ2) is 7.46. The first-order valence-electron chi connectivity index (χ1n) is 9.00. The molecule has 1 aliphatic rings. The van der Waals surface area contributed by atoms with Crippen LogP contribution in [-0.4, -0.2) is 23.0 Å². The second-order valence-electron chi connectivity index (χ2n) is 8.50. The molecule has 5 heteroatoms. The molecule has 138 valence electrons. The van der Waals surface area contributed by atoms with Gasteiger partial charge in [-0.25, -0.2) is 0 Å². The molecule has 0 aliphatic carbocycles. The average Bonchev–Trinajstić information content (AvgIpc) is 2.46. The van der Waals surface area contributed by atoms with E-state index in [0.717, 1.165) is 12.0 Å². The first-order valence-corrected chi connectivity index (χ1v) is 9.00. The number of anilines is 1. The Morgan fingerprint density at radius 1 is 1.36 bits per heavy atom. The van der Waals surface area contributed by atoms with Crippen molar-refractivity contribution in [2.24, 2.45) is 11.8 Å². The summed E-state index contributed by atoms with van der Waals surface area (Å²) < 4.78 is 0. The Hall–Kier alpha value is -2.04. The Balaban J connectivity index is 2.12. The van der Waals surface area contributed by atoms with Gasteiger partial charge in [0.15, 0.2) is 0 Å². The van der Waals surface area contributed by atoms with Crippen LogP contribution in [0.15, 0.2) is 18.2 Å². The molecule has 0 aromatic heterocycles. The normalized spacial score (nSPS) is 21.1. The summed E-state index contributed by atoms with van der Waals surface area (Å²) in [4.78, 5) is 24.6. The SMILES string of the molecule is CC(C)C[C@H]1C[C@@H](C(=O)Nc2cc(C(C)(C)C)ccc2O)CC(=O)N1. The van der Waals surface area contributed by atoms with E-state index in [-0.39, 0.29) is 41.4 Å². The maximum Gasteiger partial charge on any atom is 0.228 e. The Labute approximate surface area is 150 Å². The van der Waals surface area contributed by atoms with Crippen molar-refractivity contribution in [3.8, 4) is 5.75 Å². The van der Waals surface area contributed by atoms with Crippen molar-refractivity contribution >= 4 is 17.5 Å². The molecule has 2 amide bonds. The molecular formula is C20H30N2O3. The smallest absolute Gasteiger partial charge is 0.228 e. The van der Waals surface area contributed by atoms with Crippen LogP contribution in [0, 0.1) is 11.8 Å². The first kappa shape index (κ1) is 19.3. The summed E-state index contributed by atoms with van der Waals surface area (Å²) >= 11 is 0. The van der Waals surface area contributed by atoms with Crippen LogP contribution in [-0.2, 0) is 15.0 Å². The van der Waals surface area contributed by atoms with Crippen molar-refractivity contribution in [1.82, 2.24) is 5.32 Å². The zero-order chi connectivity index (χ0) is 18.8.